The summed E-state index contributed by atoms with van der Waals surface area (Å²) in [5.41, 5.74) is -3.20. The summed E-state index contributed by atoms with van der Waals surface area (Å²) in [5.74, 6) is 0.125. The average molecular weight is 335 g/mol. The predicted octanol–water partition coefficient (Wildman–Crippen LogP) is 3.43. The molecule has 2 aromatic rings. The molecule has 0 saturated heterocycles. The Morgan fingerprint density at radius 3 is 2.38 bits per heavy atom. The monoisotopic (exact) mass is 334 g/mol. The van der Waals surface area contributed by atoms with Crippen molar-refractivity contribution in [3.05, 3.63) is 34.7 Å². The number of benzene rings is 1. The fourth-order valence-corrected chi connectivity index (χ4v) is 5.50. The maximum Gasteiger partial charge on any atom is 0.600 e. The van der Waals surface area contributed by atoms with Crippen molar-refractivity contribution in [2.24, 2.45) is 0 Å². The first-order valence-corrected chi connectivity index (χ1v) is 8.33. The zero-order valence-electron chi connectivity index (χ0n) is 11.8. The number of aryl methyl sites for hydroxylation is 1. The quantitative estimate of drug-likeness (QED) is 0.701. The van der Waals surface area contributed by atoms with E-state index in [9.17, 15) is 13.2 Å². The Balaban J connectivity index is 0.00000161. The third-order valence-electron chi connectivity index (χ3n) is 4.27. The third-order valence-corrected chi connectivity index (χ3v) is 6.45. The Bertz CT molecular complexity index is 624. The number of fused-ring (bicyclic) bond motifs is 1. The highest BCUT2D eigenvalue weighted by atomic mass is 35.5. The van der Waals surface area contributed by atoms with E-state index in [4.69, 9.17) is 0 Å². The lowest BCUT2D eigenvalue weighted by Gasteiger charge is -2.18. The van der Waals surface area contributed by atoms with E-state index in [2.05, 4.69) is 0 Å². The smallest absolute Gasteiger partial charge is 0.600 e. The van der Waals surface area contributed by atoms with Gasteiger partial charge in [0.15, 0.2) is 9.58 Å². The van der Waals surface area contributed by atoms with Gasteiger partial charge in [0.2, 0.25) is 0 Å². The van der Waals surface area contributed by atoms with Crippen LogP contribution in [0.2, 0.25) is 0 Å². The van der Waals surface area contributed by atoms with Gasteiger partial charge in [-0.15, -0.1) is 13.2 Å². The zero-order chi connectivity index (χ0) is 14.3. The molecule has 0 nitrogen and oxygen atoms in total. The largest absolute Gasteiger partial charge is 1.00 e. The fraction of sp³-hybridized carbons (Fsp3) is 0.500. The molecule has 116 valence electrons. The maximum atomic E-state index is 13.5. The van der Waals surface area contributed by atoms with Gasteiger partial charge in [0.1, 0.15) is 0 Å². The van der Waals surface area contributed by atoms with Crippen molar-refractivity contribution in [3.63, 3.8) is 0 Å². The van der Waals surface area contributed by atoms with Gasteiger partial charge >= 0.3 is 5.51 Å². The molecule has 0 aliphatic heterocycles. The van der Waals surface area contributed by atoms with Gasteiger partial charge < -0.3 is 12.4 Å². The molecule has 1 atom stereocenters. The van der Waals surface area contributed by atoms with E-state index in [-0.39, 0.29) is 18.3 Å². The summed E-state index contributed by atoms with van der Waals surface area (Å²) in [6.45, 7) is 1.90. The van der Waals surface area contributed by atoms with Gasteiger partial charge in [-0.25, -0.2) is 0 Å². The van der Waals surface area contributed by atoms with Crippen molar-refractivity contribution >= 4 is 20.6 Å². The van der Waals surface area contributed by atoms with E-state index in [1.807, 2.05) is 19.1 Å². The Labute approximate surface area is 131 Å². The van der Waals surface area contributed by atoms with Crippen molar-refractivity contribution in [2.45, 2.75) is 50.5 Å². The molecule has 1 aliphatic carbocycles. The molecule has 1 fully saturated rings. The Morgan fingerprint density at radius 1 is 1.10 bits per heavy atom. The molecule has 5 heteroatoms. The summed E-state index contributed by atoms with van der Waals surface area (Å²) >= 11 is 0. The minimum atomic E-state index is -4.15. The molecule has 1 aromatic heterocycles. The van der Waals surface area contributed by atoms with E-state index in [0.717, 1.165) is 43.1 Å². The van der Waals surface area contributed by atoms with Crippen LogP contribution in [0.5, 0.6) is 0 Å². The van der Waals surface area contributed by atoms with Crippen molar-refractivity contribution < 1.29 is 25.6 Å². The topological polar surface area (TPSA) is 0 Å². The first kappa shape index (κ1) is 16.6. The van der Waals surface area contributed by atoms with Crippen molar-refractivity contribution in [2.75, 3.05) is 0 Å². The van der Waals surface area contributed by atoms with Crippen LogP contribution in [0.4, 0.5) is 13.2 Å². The molecule has 0 spiro atoms. The van der Waals surface area contributed by atoms with Crippen LogP contribution >= 0.6 is 10.5 Å². The number of alkyl halides is 3. The fourth-order valence-electron chi connectivity index (χ4n) is 3.27. The van der Waals surface area contributed by atoms with E-state index in [1.165, 1.54) is 0 Å². The van der Waals surface area contributed by atoms with Crippen LogP contribution < -0.4 is 12.4 Å². The summed E-state index contributed by atoms with van der Waals surface area (Å²) in [7, 11) is -1.70. The van der Waals surface area contributed by atoms with Crippen LogP contribution in [0.1, 0.15) is 48.5 Å². The highest BCUT2D eigenvalue weighted by molar-refractivity contribution is 7.38. The van der Waals surface area contributed by atoms with Crippen LogP contribution in [0.3, 0.4) is 0 Å². The number of halogens is 4. The number of hydrogen-bond acceptors (Lipinski definition) is 0. The zero-order valence-corrected chi connectivity index (χ0v) is 13.4. The highest BCUT2D eigenvalue weighted by Gasteiger charge is 2.49. The molecule has 0 bridgehead atoms. The molecule has 1 aliphatic rings. The van der Waals surface area contributed by atoms with Gasteiger partial charge in [0, 0.05) is 17.4 Å². The molecule has 1 heterocycles. The Morgan fingerprint density at radius 2 is 1.76 bits per heavy atom. The molecule has 0 radical (unpaired) electrons. The molecule has 21 heavy (non-hydrogen) atoms. The molecule has 0 N–H and O–H groups in total. The second-order valence-corrected chi connectivity index (χ2v) is 7.61. The van der Waals surface area contributed by atoms with Gasteiger partial charge in [-0.1, -0.05) is 31.4 Å². The lowest BCUT2D eigenvalue weighted by atomic mass is 9.88. The lowest BCUT2D eigenvalue weighted by Crippen LogP contribution is -3.00. The van der Waals surface area contributed by atoms with Gasteiger partial charge in [-0.05, 0) is 31.4 Å². The number of rotatable bonds is 1. The van der Waals surface area contributed by atoms with E-state index < -0.39 is 16.0 Å². The summed E-state index contributed by atoms with van der Waals surface area (Å²) in [6.07, 6.45) is 5.12. The summed E-state index contributed by atoms with van der Waals surface area (Å²) in [5, 5.41) is 0.814. The molecule has 1 aromatic carbocycles. The second-order valence-electron chi connectivity index (χ2n) is 5.62. The van der Waals surface area contributed by atoms with E-state index in [0.29, 0.717) is 9.58 Å². The van der Waals surface area contributed by atoms with Crippen LogP contribution in [0, 0.1) is 6.92 Å². The minimum Gasteiger partial charge on any atom is -1.00 e. The van der Waals surface area contributed by atoms with Gasteiger partial charge in [-0.3, -0.25) is 0 Å². The predicted molar refractivity (Wildman–Crippen MR) is 78.3 cm³/mol. The first-order chi connectivity index (χ1) is 9.48. The summed E-state index contributed by atoms with van der Waals surface area (Å²) in [4.78, 5) is 0.640. The molecular weight excluding hydrogens is 317 g/mol. The molecule has 0 amide bonds. The van der Waals surface area contributed by atoms with Gasteiger partial charge in [0.25, 0.3) is 0 Å². The molecular formula is C16H18ClF3S. The van der Waals surface area contributed by atoms with Crippen molar-refractivity contribution in [3.8, 4) is 0 Å². The minimum absolute atomic E-state index is 0. The van der Waals surface area contributed by atoms with Crippen LogP contribution in [0.15, 0.2) is 24.3 Å². The van der Waals surface area contributed by atoms with Gasteiger partial charge in [0.05, 0.1) is 10.5 Å². The number of thiophene rings is 1. The molecule has 1 unspecified atom stereocenters. The maximum absolute atomic E-state index is 13.5. The molecule has 1 saturated carbocycles. The third kappa shape index (κ3) is 3.07. The molecule has 3 rings (SSSR count). The normalized spacial score (nSPS) is 17.8. The van der Waals surface area contributed by atoms with E-state index in [1.54, 1.807) is 12.1 Å². The van der Waals surface area contributed by atoms with Crippen molar-refractivity contribution in [1.29, 1.82) is 0 Å². The van der Waals surface area contributed by atoms with Crippen LogP contribution in [0.25, 0.3) is 10.1 Å². The summed E-state index contributed by atoms with van der Waals surface area (Å²) < 4.78 is 41.1. The van der Waals surface area contributed by atoms with Crippen LogP contribution in [-0.4, -0.2) is 0 Å². The average Bonchev–Trinajstić information content (AvgIpc) is 2.80. The van der Waals surface area contributed by atoms with E-state index >= 15 is 0 Å². The SMILES string of the molecule is Cc1cccc2c1cc(C1CCCCC1)[s+]2C(F)(F)F.[Cl-]. The lowest BCUT2D eigenvalue weighted by molar-refractivity contribution is -0.0868. The number of hydrogen-bond donors (Lipinski definition) is 0. The summed E-state index contributed by atoms with van der Waals surface area (Å²) in [6, 6.07) is 7.15. The Kier molecular flexibility index (Phi) is 4.89. The highest BCUT2D eigenvalue weighted by Crippen LogP contribution is 2.55. The Hall–Kier alpha value is -0.740. The van der Waals surface area contributed by atoms with Gasteiger partial charge in [-0.2, -0.15) is 0 Å². The van der Waals surface area contributed by atoms with Crippen LogP contribution in [-0.2, 0) is 5.51 Å². The first-order valence-electron chi connectivity index (χ1n) is 7.11. The van der Waals surface area contributed by atoms with Crippen molar-refractivity contribution in [1.82, 2.24) is 0 Å². The standard InChI is InChI=1S/C16H18F3S.ClH/c1-11-6-5-9-14-13(11)10-15(20(14)16(17,18)19)12-7-3-2-4-8-12;/h5-6,9-10,12H,2-4,7-8H2,1H3;1H/q+1;/p-1. The second kappa shape index (κ2) is 6.17.